The van der Waals surface area contributed by atoms with Crippen molar-refractivity contribution >= 4 is 0 Å². The van der Waals surface area contributed by atoms with Gasteiger partial charge in [0.2, 0.25) is 5.82 Å². The summed E-state index contributed by atoms with van der Waals surface area (Å²) in [4.78, 5) is 0. The molecule has 5 nitrogen and oxygen atoms in total. The lowest BCUT2D eigenvalue weighted by atomic mass is 10.1. The SMILES string of the molecule is c1cc(-c2ccc(-c3nn[nH]n3)cc2)co1. The third-order valence-corrected chi connectivity index (χ3v) is 2.34. The number of nitrogens with one attached hydrogen (secondary N) is 1. The van der Waals surface area contributed by atoms with Gasteiger partial charge in [0.05, 0.1) is 12.5 Å². The highest BCUT2D eigenvalue weighted by Crippen LogP contribution is 2.22. The minimum atomic E-state index is 0.596. The van der Waals surface area contributed by atoms with Crippen LogP contribution < -0.4 is 0 Å². The van der Waals surface area contributed by atoms with Crippen LogP contribution in [0.5, 0.6) is 0 Å². The van der Waals surface area contributed by atoms with E-state index in [1.54, 1.807) is 12.5 Å². The quantitative estimate of drug-likeness (QED) is 0.706. The lowest BCUT2D eigenvalue weighted by molar-refractivity contribution is 0.568. The van der Waals surface area contributed by atoms with Crippen LogP contribution in [0.3, 0.4) is 0 Å². The molecule has 0 unspecified atom stereocenters. The monoisotopic (exact) mass is 212 g/mol. The minimum absolute atomic E-state index is 0.596. The number of benzene rings is 1. The first kappa shape index (κ1) is 8.84. The first-order valence-corrected chi connectivity index (χ1v) is 4.80. The summed E-state index contributed by atoms with van der Waals surface area (Å²) in [6.07, 6.45) is 3.37. The van der Waals surface area contributed by atoms with E-state index in [9.17, 15) is 0 Å². The van der Waals surface area contributed by atoms with Crippen LogP contribution in [0.25, 0.3) is 22.5 Å². The lowest BCUT2D eigenvalue weighted by Crippen LogP contribution is -1.81. The van der Waals surface area contributed by atoms with Crippen molar-refractivity contribution in [3.05, 3.63) is 42.9 Å². The largest absolute Gasteiger partial charge is 0.472 e. The Balaban J connectivity index is 1.97. The van der Waals surface area contributed by atoms with Gasteiger partial charge in [-0.25, -0.2) is 0 Å². The van der Waals surface area contributed by atoms with E-state index in [4.69, 9.17) is 4.42 Å². The molecule has 0 amide bonds. The van der Waals surface area contributed by atoms with Crippen molar-refractivity contribution in [2.24, 2.45) is 0 Å². The Hall–Kier alpha value is -2.43. The highest BCUT2D eigenvalue weighted by molar-refractivity contribution is 5.66. The Morgan fingerprint density at radius 2 is 1.75 bits per heavy atom. The first-order chi connectivity index (χ1) is 7.93. The molecule has 1 aromatic carbocycles. The normalized spacial score (nSPS) is 10.5. The van der Waals surface area contributed by atoms with Crippen molar-refractivity contribution in [1.82, 2.24) is 20.6 Å². The zero-order valence-corrected chi connectivity index (χ0v) is 8.29. The van der Waals surface area contributed by atoms with Gasteiger partial charge in [-0.3, -0.25) is 0 Å². The molecule has 1 N–H and O–H groups in total. The van der Waals surface area contributed by atoms with Gasteiger partial charge in [-0.1, -0.05) is 24.3 Å². The maximum atomic E-state index is 5.03. The van der Waals surface area contributed by atoms with Crippen molar-refractivity contribution in [1.29, 1.82) is 0 Å². The molecule has 0 atom stereocenters. The number of nitrogens with zero attached hydrogens (tertiary/aromatic N) is 3. The highest BCUT2D eigenvalue weighted by atomic mass is 16.3. The summed E-state index contributed by atoms with van der Waals surface area (Å²) in [5, 5.41) is 13.8. The fraction of sp³-hybridized carbons (Fsp3) is 0. The number of tetrazole rings is 1. The van der Waals surface area contributed by atoms with Crippen LogP contribution >= 0.6 is 0 Å². The summed E-state index contributed by atoms with van der Waals surface area (Å²) in [6.45, 7) is 0. The molecule has 0 spiro atoms. The molecule has 3 rings (SSSR count). The average Bonchev–Trinajstić information content (AvgIpc) is 3.03. The maximum absolute atomic E-state index is 5.03. The summed E-state index contributed by atoms with van der Waals surface area (Å²) in [6, 6.07) is 9.82. The van der Waals surface area contributed by atoms with Crippen molar-refractivity contribution in [3.63, 3.8) is 0 Å². The van der Waals surface area contributed by atoms with E-state index in [0.717, 1.165) is 16.7 Å². The van der Waals surface area contributed by atoms with Crippen molar-refractivity contribution in [2.45, 2.75) is 0 Å². The Morgan fingerprint density at radius 1 is 0.938 bits per heavy atom. The van der Waals surface area contributed by atoms with E-state index < -0.39 is 0 Å². The Morgan fingerprint density at radius 3 is 2.38 bits per heavy atom. The molecule has 0 aliphatic carbocycles. The van der Waals surface area contributed by atoms with E-state index in [1.165, 1.54) is 0 Å². The van der Waals surface area contributed by atoms with Crippen molar-refractivity contribution in [3.8, 4) is 22.5 Å². The van der Waals surface area contributed by atoms with Gasteiger partial charge in [0, 0.05) is 11.1 Å². The fourth-order valence-electron chi connectivity index (χ4n) is 1.52. The zero-order chi connectivity index (χ0) is 10.8. The number of rotatable bonds is 2. The Bertz CT molecular complexity index is 501. The highest BCUT2D eigenvalue weighted by Gasteiger charge is 2.03. The van der Waals surface area contributed by atoms with E-state index in [1.807, 2.05) is 30.3 Å². The van der Waals surface area contributed by atoms with Gasteiger partial charge in [0.25, 0.3) is 0 Å². The second kappa shape index (κ2) is 3.62. The van der Waals surface area contributed by atoms with Crippen LogP contribution in [0, 0.1) is 0 Å². The molecule has 2 heterocycles. The van der Waals surface area contributed by atoms with Crippen LogP contribution in [0.15, 0.2) is 47.3 Å². The third kappa shape index (κ3) is 1.48. The topological polar surface area (TPSA) is 67.6 Å². The van der Waals surface area contributed by atoms with Crippen molar-refractivity contribution in [2.75, 3.05) is 0 Å². The number of aromatic amines is 1. The van der Waals surface area contributed by atoms with E-state index in [2.05, 4.69) is 20.6 Å². The molecule has 2 aromatic heterocycles. The summed E-state index contributed by atoms with van der Waals surface area (Å²) >= 11 is 0. The molecule has 3 aromatic rings. The molecule has 78 valence electrons. The van der Waals surface area contributed by atoms with Crippen LogP contribution in [0.1, 0.15) is 0 Å². The molecule has 0 radical (unpaired) electrons. The van der Waals surface area contributed by atoms with E-state index >= 15 is 0 Å². The smallest absolute Gasteiger partial charge is 0.204 e. The molecule has 16 heavy (non-hydrogen) atoms. The van der Waals surface area contributed by atoms with E-state index in [-0.39, 0.29) is 0 Å². The first-order valence-electron chi connectivity index (χ1n) is 4.80. The number of hydrogen-bond acceptors (Lipinski definition) is 4. The second-order valence-corrected chi connectivity index (χ2v) is 3.32. The van der Waals surface area contributed by atoms with Gasteiger partial charge in [0.1, 0.15) is 0 Å². The van der Waals surface area contributed by atoms with Gasteiger partial charge in [-0.2, -0.15) is 5.21 Å². The minimum Gasteiger partial charge on any atom is -0.472 e. The van der Waals surface area contributed by atoms with Gasteiger partial charge in [-0.15, -0.1) is 10.2 Å². The molecular formula is C11H8N4O. The van der Waals surface area contributed by atoms with Crippen LogP contribution in [0.2, 0.25) is 0 Å². The Labute approximate surface area is 91.1 Å². The van der Waals surface area contributed by atoms with Gasteiger partial charge in [0.15, 0.2) is 0 Å². The van der Waals surface area contributed by atoms with Crippen LogP contribution in [-0.2, 0) is 0 Å². The summed E-state index contributed by atoms with van der Waals surface area (Å²) < 4.78 is 5.03. The standard InChI is InChI=1S/C11H8N4O/c1-3-9(11-12-14-15-13-11)4-2-8(1)10-5-6-16-7-10/h1-7H,(H,12,13,14,15). The third-order valence-electron chi connectivity index (χ3n) is 2.34. The summed E-state index contributed by atoms with van der Waals surface area (Å²) in [5.41, 5.74) is 3.08. The predicted molar refractivity (Wildman–Crippen MR) is 57.3 cm³/mol. The zero-order valence-electron chi connectivity index (χ0n) is 8.29. The van der Waals surface area contributed by atoms with E-state index in [0.29, 0.717) is 5.82 Å². The summed E-state index contributed by atoms with van der Waals surface area (Å²) in [7, 11) is 0. The molecule has 0 aliphatic rings. The van der Waals surface area contributed by atoms with Gasteiger partial charge < -0.3 is 4.42 Å². The maximum Gasteiger partial charge on any atom is 0.204 e. The summed E-state index contributed by atoms with van der Waals surface area (Å²) in [5.74, 6) is 0.596. The van der Waals surface area contributed by atoms with Crippen molar-refractivity contribution < 1.29 is 4.42 Å². The number of furan rings is 1. The van der Waals surface area contributed by atoms with Crippen LogP contribution in [0.4, 0.5) is 0 Å². The fourth-order valence-corrected chi connectivity index (χ4v) is 1.52. The lowest BCUT2D eigenvalue weighted by Gasteiger charge is -1.98. The molecule has 0 saturated heterocycles. The Kier molecular flexibility index (Phi) is 2.00. The molecule has 0 saturated carbocycles. The molecule has 0 bridgehead atoms. The predicted octanol–water partition coefficient (Wildman–Crippen LogP) is 2.13. The molecular weight excluding hydrogens is 204 g/mol. The van der Waals surface area contributed by atoms with Crippen LogP contribution in [-0.4, -0.2) is 20.6 Å². The molecule has 0 fully saturated rings. The number of hydrogen-bond donors (Lipinski definition) is 1. The van der Waals surface area contributed by atoms with Gasteiger partial charge >= 0.3 is 0 Å². The second-order valence-electron chi connectivity index (χ2n) is 3.32. The number of H-pyrrole nitrogens is 1. The molecule has 0 aliphatic heterocycles. The molecule has 5 heteroatoms. The number of aromatic nitrogens is 4. The average molecular weight is 212 g/mol. The van der Waals surface area contributed by atoms with Gasteiger partial charge in [-0.05, 0) is 16.8 Å².